The van der Waals surface area contributed by atoms with Gasteiger partial charge in [0.2, 0.25) is 5.88 Å². The SMILES string of the molecule is COc1ncccc1C(=O)NC(C)(CO)CO. The van der Waals surface area contributed by atoms with Crippen LogP contribution in [-0.2, 0) is 0 Å². The first-order chi connectivity index (χ1) is 8.06. The van der Waals surface area contributed by atoms with Gasteiger partial charge in [-0.25, -0.2) is 4.98 Å². The van der Waals surface area contributed by atoms with Crippen LogP contribution in [0.2, 0.25) is 0 Å². The Kier molecular flexibility index (Phi) is 4.42. The van der Waals surface area contributed by atoms with Crippen molar-refractivity contribution in [2.24, 2.45) is 0 Å². The first kappa shape index (κ1) is 13.4. The van der Waals surface area contributed by atoms with E-state index in [-0.39, 0.29) is 24.7 Å². The molecule has 0 radical (unpaired) electrons. The second-order valence-corrected chi connectivity index (χ2v) is 3.89. The fraction of sp³-hybridized carbons (Fsp3) is 0.455. The fourth-order valence-electron chi connectivity index (χ4n) is 1.20. The molecule has 1 rings (SSSR count). The molecule has 0 aliphatic carbocycles. The molecule has 1 amide bonds. The van der Waals surface area contributed by atoms with Crippen LogP contribution in [0.25, 0.3) is 0 Å². The lowest BCUT2D eigenvalue weighted by Crippen LogP contribution is -2.51. The predicted molar refractivity (Wildman–Crippen MR) is 60.8 cm³/mol. The standard InChI is InChI=1S/C11H16N2O4/c1-11(6-14,7-15)13-9(16)8-4-3-5-12-10(8)17-2/h3-5,14-15H,6-7H2,1-2H3,(H,13,16). The molecule has 6 nitrogen and oxygen atoms in total. The van der Waals surface area contributed by atoms with Crippen LogP contribution in [0.4, 0.5) is 0 Å². The largest absolute Gasteiger partial charge is 0.480 e. The van der Waals surface area contributed by atoms with E-state index in [1.165, 1.54) is 20.2 Å². The molecule has 6 heteroatoms. The van der Waals surface area contributed by atoms with E-state index in [0.29, 0.717) is 0 Å². The Balaban J connectivity index is 2.90. The Morgan fingerprint density at radius 2 is 2.18 bits per heavy atom. The van der Waals surface area contributed by atoms with Crippen LogP contribution >= 0.6 is 0 Å². The van der Waals surface area contributed by atoms with Gasteiger partial charge in [0.05, 0.1) is 25.9 Å². The second kappa shape index (κ2) is 5.60. The molecule has 0 aliphatic rings. The minimum absolute atomic E-state index is 0.197. The van der Waals surface area contributed by atoms with Gasteiger partial charge < -0.3 is 20.3 Å². The summed E-state index contributed by atoms with van der Waals surface area (Å²) >= 11 is 0. The van der Waals surface area contributed by atoms with E-state index in [1.807, 2.05) is 0 Å². The van der Waals surface area contributed by atoms with E-state index in [2.05, 4.69) is 10.3 Å². The van der Waals surface area contributed by atoms with Crippen LogP contribution in [0.1, 0.15) is 17.3 Å². The Morgan fingerprint density at radius 1 is 1.53 bits per heavy atom. The van der Waals surface area contributed by atoms with Gasteiger partial charge >= 0.3 is 0 Å². The number of nitrogens with zero attached hydrogens (tertiary/aromatic N) is 1. The highest BCUT2D eigenvalue weighted by atomic mass is 16.5. The van der Waals surface area contributed by atoms with Crippen molar-refractivity contribution < 1.29 is 19.7 Å². The van der Waals surface area contributed by atoms with Crippen molar-refractivity contribution >= 4 is 5.91 Å². The molecule has 3 N–H and O–H groups in total. The molecule has 0 saturated heterocycles. The van der Waals surface area contributed by atoms with Crippen LogP contribution in [0.15, 0.2) is 18.3 Å². The van der Waals surface area contributed by atoms with Crippen LogP contribution < -0.4 is 10.1 Å². The van der Waals surface area contributed by atoms with Gasteiger partial charge in [-0.15, -0.1) is 0 Å². The maximum Gasteiger partial charge on any atom is 0.257 e. The lowest BCUT2D eigenvalue weighted by Gasteiger charge is -2.26. The van der Waals surface area contributed by atoms with Crippen molar-refractivity contribution in [2.75, 3.05) is 20.3 Å². The first-order valence-corrected chi connectivity index (χ1v) is 5.09. The number of amides is 1. The van der Waals surface area contributed by atoms with E-state index in [1.54, 1.807) is 12.1 Å². The third-order valence-electron chi connectivity index (χ3n) is 2.32. The number of methoxy groups -OCH3 is 1. The fourth-order valence-corrected chi connectivity index (χ4v) is 1.20. The Labute approximate surface area is 99.3 Å². The molecule has 0 fully saturated rings. The number of nitrogens with one attached hydrogen (secondary N) is 1. The molecule has 17 heavy (non-hydrogen) atoms. The number of hydrogen-bond donors (Lipinski definition) is 3. The van der Waals surface area contributed by atoms with Crippen molar-refractivity contribution in [3.8, 4) is 5.88 Å². The summed E-state index contributed by atoms with van der Waals surface area (Å²) in [6.45, 7) is 0.809. The van der Waals surface area contributed by atoms with E-state index in [9.17, 15) is 4.79 Å². The van der Waals surface area contributed by atoms with Crippen molar-refractivity contribution in [3.05, 3.63) is 23.9 Å². The maximum absolute atomic E-state index is 11.9. The predicted octanol–water partition coefficient (Wildman–Crippen LogP) is -0.437. The number of hydrogen-bond acceptors (Lipinski definition) is 5. The average molecular weight is 240 g/mol. The number of ether oxygens (including phenoxy) is 1. The molecule has 0 aliphatic heterocycles. The molecule has 1 heterocycles. The number of aliphatic hydroxyl groups excluding tert-OH is 2. The number of aromatic nitrogens is 1. The molecule has 1 aromatic heterocycles. The van der Waals surface area contributed by atoms with E-state index in [0.717, 1.165) is 0 Å². The monoisotopic (exact) mass is 240 g/mol. The number of carbonyl (C=O) groups is 1. The smallest absolute Gasteiger partial charge is 0.257 e. The van der Waals surface area contributed by atoms with Gasteiger partial charge in [-0.3, -0.25) is 4.79 Å². The van der Waals surface area contributed by atoms with Gasteiger partial charge in [-0.05, 0) is 19.1 Å². The average Bonchev–Trinajstić information content (AvgIpc) is 2.38. The molecule has 0 unspecified atom stereocenters. The third kappa shape index (κ3) is 3.15. The molecule has 0 spiro atoms. The maximum atomic E-state index is 11.9. The Morgan fingerprint density at radius 3 is 2.71 bits per heavy atom. The first-order valence-electron chi connectivity index (χ1n) is 5.09. The molecule has 0 bridgehead atoms. The van der Waals surface area contributed by atoms with Crippen LogP contribution in [0.3, 0.4) is 0 Å². The van der Waals surface area contributed by atoms with Crippen LogP contribution in [0.5, 0.6) is 5.88 Å². The van der Waals surface area contributed by atoms with E-state index >= 15 is 0 Å². The van der Waals surface area contributed by atoms with Gasteiger partial charge in [0, 0.05) is 6.20 Å². The molecule has 0 atom stereocenters. The van der Waals surface area contributed by atoms with Crippen molar-refractivity contribution in [1.82, 2.24) is 10.3 Å². The zero-order valence-electron chi connectivity index (χ0n) is 9.80. The highest BCUT2D eigenvalue weighted by molar-refractivity contribution is 5.96. The van der Waals surface area contributed by atoms with Gasteiger partial charge in [0.25, 0.3) is 5.91 Å². The lowest BCUT2D eigenvalue weighted by atomic mass is 10.0. The highest BCUT2D eigenvalue weighted by Crippen LogP contribution is 2.14. The molecule has 0 saturated carbocycles. The van der Waals surface area contributed by atoms with Crippen LogP contribution in [0, 0.1) is 0 Å². The summed E-state index contributed by atoms with van der Waals surface area (Å²) in [6, 6.07) is 3.16. The third-order valence-corrected chi connectivity index (χ3v) is 2.32. The molecular formula is C11H16N2O4. The molecule has 1 aromatic rings. The summed E-state index contributed by atoms with van der Waals surface area (Å²) < 4.78 is 4.95. The minimum atomic E-state index is -1.07. The topological polar surface area (TPSA) is 91.7 Å². The minimum Gasteiger partial charge on any atom is -0.480 e. The molecular weight excluding hydrogens is 224 g/mol. The Bertz CT molecular complexity index is 391. The highest BCUT2D eigenvalue weighted by Gasteiger charge is 2.26. The van der Waals surface area contributed by atoms with Crippen LogP contribution in [-0.4, -0.2) is 47.0 Å². The van der Waals surface area contributed by atoms with Gasteiger partial charge in [0.15, 0.2) is 0 Å². The summed E-state index contributed by atoms with van der Waals surface area (Å²) in [5, 5.41) is 20.7. The van der Waals surface area contributed by atoms with E-state index in [4.69, 9.17) is 14.9 Å². The van der Waals surface area contributed by atoms with Crippen molar-refractivity contribution in [2.45, 2.75) is 12.5 Å². The van der Waals surface area contributed by atoms with Crippen molar-refractivity contribution in [1.29, 1.82) is 0 Å². The van der Waals surface area contributed by atoms with E-state index < -0.39 is 11.4 Å². The summed E-state index contributed by atoms with van der Waals surface area (Å²) in [7, 11) is 1.41. The zero-order valence-corrected chi connectivity index (χ0v) is 9.80. The second-order valence-electron chi connectivity index (χ2n) is 3.89. The van der Waals surface area contributed by atoms with Crippen molar-refractivity contribution in [3.63, 3.8) is 0 Å². The quantitative estimate of drug-likeness (QED) is 0.649. The van der Waals surface area contributed by atoms with Gasteiger partial charge in [0.1, 0.15) is 5.56 Å². The summed E-state index contributed by atoms with van der Waals surface area (Å²) in [4.78, 5) is 15.8. The number of aliphatic hydroxyl groups is 2. The normalized spacial score (nSPS) is 11.1. The zero-order chi connectivity index (χ0) is 12.9. The summed E-state index contributed by atoms with van der Waals surface area (Å²) in [5.74, 6) is -0.260. The molecule has 0 aromatic carbocycles. The number of carbonyl (C=O) groups excluding carboxylic acids is 1. The Hall–Kier alpha value is -1.66. The summed E-state index contributed by atoms with van der Waals surface area (Å²) in [5.41, 5.74) is -0.819. The molecule has 94 valence electrons. The summed E-state index contributed by atoms with van der Waals surface area (Å²) in [6.07, 6.45) is 1.51. The number of rotatable bonds is 5. The number of pyridine rings is 1. The van der Waals surface area contributed by atoms with Gasteiger partial charge in [-0.1, -0.05) is 0 Å². The van der Waals surface area contributed by atoms with Gasteiger partial charge in [-0.2, -0.15) is 0 Å². The lowest BCUT2D eigenvalue weighted by molar-refractivity contribution is 0.0720.